The fourth-order valence-electron chi connectivity index (χ4n) is 2.40. The smallest absolute Gasteiger partial charge is 0.411 e. The molecule has 0 unspecified atom stereocenters. The Morgan fingerprint density at radius 3 is 2.60 bits per heavy atom. The second-order valence-electron chi connectivity index (χ2n) is 5.66. The summed E-state index contributed by atoms with van der Waals surface area (Å²) in [5, 5.41) is 2.62. The normalized spacial score (nSPS) is 9.96. The minimum atomic E-state index is -0.526. The Morgan fingerprint density at radius 1 is 1.28 bits per heavy atom. The van der Waals surface area contributed by atoms with E-state index < -0.39 is 6.09 Å². The van der Waals surface area contributed by atoms with E-state index in [0.717, 1.165) is 11.3 Å². The number of hydrogen-bond acceptors (Lipinski definition) is 4. The molecule has 0 bridgehead atoms. The molecule has 0 radical (unpaired) electrons. The van der Waals surface area contributed by atoms with Crippen LogP contribution in [0.3, 0.4) is 0 Å². The molecule has 5 nitrogen and oxygen atoms in total. The highest BCUT2D eigenvalue weighted by atomic mass is 16.5. The second kappa shape index (κ2) is 8.65. The fraction of sp³-hybridized carbons (Fsp3) is 0.250. The molecule has 0 aliphatic rings. The molecule has 0 spiro atoms. The van der Waals surface area contributed by atoms with Crippen LogP contribution in [-0.2, 0) is 11.3 Å². The summed E-state index contributed by atoms with van der Waals surface area (Å²) in [6.45, 7) is 5.23. The molecule has 0 saturated carbocycles. The number of nitrogens with zero attached hydrogens (tertiary/aromatic N) is 1. The van der Waals surface area contributed by atoms with Gasteiger partial charge in [0, 0.05) is 12.2 Å². The molecule has 0 aliphatic carbocycles. The summed E-state index contributed by atoms with van der Waals surface area (Å²) in [4.78, 5) is 13.6. The van der Waals surface area contributed by atoms with Crippen LogP contribution in [0, 0.1) is 19.3 Å². The number of amides is 1. The summed E-state index contributed by atoms with van der Waals surface area (Å²) in [6, 6.07) is 13.7. The molecule has 0 fully saturated rings. The number of rotatable bonds is 6. The lowest BCUT2D eigenvalue weighted by molar-refractivity contribution is 0.168. The standard InChI is InChI=1S/C20H23N3O2/c1-4-12-23(14-16-8-6-15(3)7-9-16)17-10-11-19(18(21)13-17)22-20(24)25-5-2/h1,6-11,13H,5,12,14,21H2,2-3H3,(H,22,24). The van der Waals surface area contributed by atoms with E-state index in [9.17, 15) is 4.79 Å². The number of ether oxygens (including phenoxy) is 1. The number of nitrogen functional groups attached to an aromatic ring is 1. The van der Waals surface area contributed by atoms with Crippen LogP contribution in [0.5, 0.6) is 0 Å². The molecule has 2 rings (SSSR count). The van der Waals surface area contributed by atoms with E-state index in [1.54, 1.807) is 19.1 Å². The minimum absolute atomic E-state index is 0.302. The van der Waals surface area contributed by atoms with Crippen molar-refractivity contribution in [1.29, 1.82) is 0 Å². The third kappa shape index (κ3) is 5.18. The summed E-state index contributed by atoms with van der Waals surface area (Å²) in [7, 11) is 0. The van der Waals surface area contributed by atoms with Crippen molar-refractivity contribution >= 4 is 23.2 Å². The molecule has 2 aromatic rings. The predicted molar refractivity (Wildman–Crippen MR) is 103 cm³/mol. The van der Waals surface area contributed by atoms with E-state index >= 15 is 0 Å². The topological polar surface area (TPSA) is 67.6 Å². The van der Waals surface area contributed by atoms with E-state index in [-0.39, 0.29) is 0 Å². The number of carbonyl (C=O) groups is 1. The van der Waals surface area contributed by atoms with E-state index in [0.29, 0.717) is 31.1 Å². The number of aryl methyl sites for hydroxylation is 1. The monoisotopic (exact) mass is 337 g/mol. The van der Waals surface area contributed by atoms with Gasteiger partial charge in [-0.2, -0.15) is 0 Å². The van der Waals surface area contributed by atoms with E-state index in [1.807, 2.05) is 6.07 Å². The molecule has 0 heterocycles. The first-order chi connectivity index (χ1) is 12.0. The van der Waals surface area contributed by atoms with Crippen molar-refractivity contribution in [3.8, 4) is 12.3 Å². The Hall–Kier alpha value is -3.13. The summed E-state index contributed by atoms with van der Waals surface area (Å²) in [5.41, 5.74) is 10.3. The highest BCUT2D eigenvalue weighted by Gasteiger charge is 2.11. The van der Waals surface area contributed by atoms with Crippen molar-refractivity contribution in [2.75, 3.05) is 29.1 Å². The van der Waals surface area contributed by atoms with Crippen molar-refractivity contribution in [3.05, 3.63) is 53.6 Å². The number of nitrogens with one attached hydrogen (secondary N) is 1. The Morgan fingerprint density at radius 2 is 2.00 bits per heavy atom. The van der Waals surface area contributed by atoms with Crippen LogP contribution >= 0.6 is 0 Å². The Bertz CT molecular complexity index is 764. The number of terminal acetylenes is 1. The van der Waals surface area contributed by atoms with Gasteiger partial charge in [-0.1, -0.05) is 35.7 Å². The SMILES string of the molecule is C#CCN(Cc1ccc(C)cc1)c1ccc(NC(=O)OCC)c(N)c1. The molecule has 0 aromatic heterocycles. The van der Waals surface area contributed by atoms with Gasteiger partial charge in [0.05, 0.1) is 24.5 Å². The van der Waals surface area contributed by atoms with Gasteiger partial charge in [-0.15, -0.1) is 6.42 Å². The zero-order chi connectivity index (χ0) is 18.2. The van der Waals surface area contributed by atoms with Crippen LogP contribution in [0.25, 0.3) is 0 Å². The molecule has 2 aromatic carbocycles. The summed E-state index contributed by atoms with van der Waals surface area (Å²) < 4.78 is 4.86. The maximum Gasteiger partial charge on any atom is 0.411 e. The molecular formula is C20H23N3O2. The number of hydrogen-bond donors (Lipinski definition) is 2. The lowest BCUT2D eigenvalue weighted by Gasteiger charge is -2.23. The first-order valence-electron chi connectivity index (χ1n) is 8.10. The lowest BCUT2D eigenvalue weighted by Crippen LogP contribution is -2.23. The quantitative estimate of drug-likeness (QED) is 0.622. The van der Waals surface area contributed by atoms with Crippen molar-refractivity contribution in [2.24, 2.45) is 0 Å². The van der Waals surface area contributed by atoms with Gasteiger partial charge >= 0.3 is 6.09 Å². The number of benzene rings is 2. The zero-order valence-corrected chi connectivity index (χ0v) is 14.6. The second-order valence-corrected chi connectivity index (χ2v) is 5.66. The van der Waals surface area contributed by atoms with Gasteiger partial charge in [0.15, 0.2) is 0 Å². The third-order valence-corrected chi connectivity index (χ3v) is 3.69. The molecule has 0 saturated heterocycles. The molecule has 25 heavy (non-hydrogen) atoms. The van der Waals surface area contributed by atoms with Gasteiger partial charge < -0.3 is 15.4 Å². The van der Waals surface area contributed by atoms with Crippen LogP contribution < -0.4 is 16.0 Å². The molecule has 1 amide bonds. The van der Waals surface area contributed by atoms with E-state index in [1.165, 1.54) is 5.56 Å². The number of anilines is 3. The molecule has 0 aliphatic heterocycles. The third-order valence-electron chi connectivity index (χ3n) is 3.69. The van der Waals surface area contributed by atoms with Gasteiger partial charge in [-0.05, 0) is 37.6 Å². The molecule has 130 valence electrons. The predicted octanol–water partition coefficient (Wildman–Crippen LogP) is 3.79. The van der Waals surface area contributed by atoms with Crippen molar-refractivity contribution in [1.82, 2.24) is 0 Å². The van der Waals surface area contributed by atoms with E-state index in [4.69, 9.17) is 16.9 Å². The highest BCUT2D eigenvalue weighted by molar-refractivity contribution is 5.89. The minimum Gasteiger partial charge on any atom is -0.450 e. The Kier molecular flexibility index (Phi) is 6.30. The van der Waals surface area contributed by atoms with Crippen LogP contribution in [0.4, 0.5) is 21.9 Å². The largest absolute Gasteiger partial charge is 0.450 e. The lowest BCUT2D eigenvalue weighted by atomic mass is 10.1. The van der Waals surface area contributed by atoms with Crippen LogP contribution in [0.1, 0.15) is 18.1 Å². The van der Waals surface area contributed by atoms with Gasteiger partial charge in [0.2, 0.25) is 0 Å². The van der Waals surface area contributed by atoms with E-state index in [2.05, 4.69) is 47.3 Å². The Balaban J connectivity index is 2.18. The zero-order valence-electron chi connectivity index (χ0n) is 14.6. The average molecular weight is 337 g/mol. The summed E-state index contributed by atoms with van der Waals surface area (Å²) in [5.74, 6) is 2.68. The Labute approximate surface area is 148 Å². The average Bonchev–Trinajstić information content (AvgIpc) is 2.58. The van der Waals surface area contributed by atoms with Crippen molar-refractivity contribution in [2.45, 2.75) is 20.4 Å². The van der Waals surface area contributed by atoms with Crippen LogP contribution in [0.15, 0.2) is 42.5 Å². The number of nitrogens with two attached hydrogens (primary N) is 1. The summed E-state index contributed by atoms with van der Waals surface area (Å²) in [6.07, 6.45) is 4.99. The van der Waals surface area contributed by atoms with Gasteiger partial charge in [0.25, 0.3) is 0 Å². The maximum absolute atomic E-state index is 11.5. The fourth-order valence-corrected chi connectivity index (χ4v) is 2.40. The first-order valence-corrected chi connectivity index (χ1v) is 8.10. The van der Waals surface area contributed by atoms with Crippen LogP contribution in [0.2, 0.25) is 0 Å². The van der Waals surface area contributed by atoms with Gasteiger partial charge in [-0.25, -0.2) is 4.79 Å². The highest BCUT2D eigenvalue weighted by Crippen LogP contribution is 2.26. The van der Waals surface area contributed by atoms with Crippen LogP contribution in [-0.4, -0.2) is 19.2 Å². The first kappa shape index (κ1) is 18.2. The molecule has 0 atom stereocenters. The molecule has 3 N–H and O–H groups in total. The maximum atomic E-state index is 11.5. The van der Waals surface area contributed by atoms with Gasteiger partial charge in [0.1, 0.15) is 0 Å². The number of carbonyl (C=O) groups excluding carboxylic acids is 1. The molecular weight excluding hydrogens is 314 g/mol. The van der Waals surface area contributed by atoms with Crippen molar-refractivity contribution in [3.63, 3.8) is 0 Å². The van der Waals surface area contributed by atoms with Crippen molar-refractivity contribution < 1.29 is 9.53 Å². The molecule has 5 heteroatoms. The summed E-state index contributed by atoms with van der Waals surface area (Å²) >= 11 is 0. The van der Waals surface area contributed by atoms with Gasteiger partial charge in [-0.3, -0.25) is 5.32 Å².